The first-order valence-corrected chi connectivity index (χ1v) is 10.7. The summed E-state index contributed by atoms with van der Waals surface area (Å²) in [4.78, 5) is 12.1. The second-order valence-electron chi connectivity index (χ2n) is 6.14. The second kappa shape index (κ2) is 9.38. The van der Waals surface area contributed by atoms with Gasteiger partial charge in [-0.1, -0.05) is 24.3 Å². The highest BCUT2D eigenvalue weighted by molar-refractivity contribution is 7.90. The van der Waals surface area contributed by atoms with Crippen LogP contribution in [-0.2, 0) is 10.0 Å². The first-order chi connectivity index (χ1) is 14.4. The van der Waals surface area contributed by atoms with Crippen molar-refractivity contribution in [2.45, 2.75) is 4.90 Å². The Morgan fingerprint density at radius 1 is 0.867 bits per heavy atom. The van der Waals surface area contributed by atoms with E-state index in [0.29, 0.717) is 16.5 Å². The number of carbonyl (C=O) groups excluding carboxylic acids is 1. The van der Waals surface area contributed by atoms with Crippen LogP contribution in [0.3, 0.4) is 0 Å². The maximum absolute atomic E-state index is 12.4. The van der Waals surface area contributed by atoms with Crippen molar-refractivity contribution in [3.05, 3.63) is 84.4 Å². The van der Waals surface area contributed by atoms with E-state index in [2.05, 4.69) is 15.4 Å². The molecule has 0 saturated heterocycles. The fourth-order valence-corrected chi connectivity index (χ4v) is 3.75. The minimum Gasteiger partial charge on any atom is -0.497 e. The number of hydrogen-bond donors (Lipinski definition) is 3. The molecule has 0 aliphatic rings. The summed E-state index contributed by atoms with van der Waals surface area (Å²) in [5.74, 6) is -0.00335. The zero-order valence-corrected chi connectivity index (χ0v) is 17.6. The van der Waals surface area contributed by atoms with Crippen molar-refractivity contribution in [2.24, 2.45) is 0 Å². The second-order valence-corrected chi connectivity index (χ2v) is 8.23. The van der Waals surface area contributed by atoms with Gasteiger partial charge in [0, 0.05) is 23.0 Å². The van der Waals surface area contributed by atoms with Crippen LogP contribution in [0, 0.1) is 0 Å². The van der Waals surface area contributed by atoms with Crippen LogP contribution in [0.2, 0.25) is 0 Å². The zero-order chi connectivity index (χ0) is 21.6. The van der Waals surface area contributed by atoms with Gasteiger partial charge in [0.25, 0.3) is 15.9 Å². The number of benzene rings is 3. The first kappa shape index (κ1) is 21.3. The van der Waals surface area contributed by atoms with Crippen molar-refractivity contribution in [3.8, 4) is 5.75 Å². The van der Waals surface area contributed by atoms with Gasteiger partial charge in [0.2, 0.25) is 0 Å². The molecule has 3 N–H and O–H groups in total. The van der Waals surface area contributed by atoms with E-state index in [1.807, 2.05) is 18.2 Å². The lowest BCUT2D eigenvalue weighted by molar-refractivity contribution is 0.0981. The molecule has 0 heterocycles. The SMILES string of the molecule is COc1cccc(NC(=S)Nc2ccc(S(=O)(=O)NC(=O)c3ccccc3)cc2)c1. The number of methoxy groups -OCH3 is 1. The minimum absolute atomic E-state index is 0.0380. The van der Waals surface area contributed by atoms with Gasteiger partial charge in [-0.25, -0.2) is 13.1 Å². The average Bonchev–Trinajstić information content (AvgIpc) is 2.74. The van der Waals surface area contributed by atoms with Crippen molar-refractivity contribution in [2.75, 3.05) is 17.7 Å². The monoisotopic (exact) mass is 441 g/mol. The number of amides is 1. The van der Waals surface area contributed by atoms with E-state index >= 15 is 0 Å². The highest BCUT2D eigenvalue weighted by Crippen LogP contribution is 2.18. The number of carbonyl (C=O) groups is 1. The van der Waals surface area contributed by atoms with Crippen LogP contribution >= 0.6 is 12.2 Å². The van der Waals surface area contributed by atoms with Crippen molar-refractivity contribution in [1.29, 1.82) is 0 Å². The molecule has 0 saturated carbocycles. The van der Waals surface area contributed by atoms with Crippen LogP contribution in [0.25, 0.3) is 0 Å². The third-order valence-electron chi connectivity index (χ3n) is 4.01. The molecular weight excluding hydrogens is 422 g/mol. The summed E-state index contributed by atoms with van der Waals surface area (Å²) in [6.07, 6.45) is 0. The third-order valence-corrected chi connectivity index (χ3v) is 5.56. The lowest BCUT2D eigenvalue weighted by Crippen LogP contribution is -2.30. The van der Waals surface area contributed by atoms with Gasteiger partial charge in [0.15, 0.2) is 5.11 Å². The number of anilines is 2. The van der Waals surface area contributed by atoms with Crippen LogP contribution < -0.4 is 20.1 Å². The van der Waals surface area contributed by atoms with E-state index in [1.165, 1.54) is 24.3 Å². The lowest BCUT2D eigenvalue weighted by Gasteiger charge is -2.12. The third kappa shape index (κ3) is 5.56. The maximum atomic E-state index is 12.4. The summed E-state index contributed by atoms with van der Waals surface area (Å²) >= 11 is 5.28. The van der Waals surface area contributed by atoms with Crippen molar-refractivity contribution < 1.29 is 17.9 Å². The number of sulfonamides is 1. The smallest absolute Gasteiger partial charge is 0.264 e. The summed E-state index contributed by atoms with van der Waals surface area (Å²) in [5, 5.41) is 6.32. The number of rotatable bonds is 6. The molecule has 0 fully saturated rings. The minimum atomic E-state index is -4.00. The molecule has 0 spiro atoms. The summed E-state index contributed by atoms with van der Waals surface area (Å²) < 4.78 is 32.1. The molecule has 154 valence electrons. The van der Waals surface area contributed by atoms with Gasteiger partial charge >= 0.3 is 0 Å². The molecule has 3 rings (SSSR count). The Hall–Kier alpha value is -3.43. The Balaban J connectivity index is 1.63. The van der Waals surface area contributed by atoms with Gasteiger partial charge in [-0.05, 0) is 60.7 Å². The van der Waals surface area contributed by atoms with E-state index in [1.54, 1.807) is 43.5 Å². The quantitative estimate of drug-likeness (QED) is 0.503. The summed E-state index contributed by atoms with van der Waals surface area (Å²) in [5.41, 5.74) is 1.59. The lowest BCUT2D eigenvalue weighted by atomic mass is 10.2. The molecule has 3 aromatic rings. The number of hydrogen-bond acceptors (Lipinski definition) is 5. The van der Waals surface area contributed by atoms with E-state index in [9.17, 15) is 13.2 Å². The Bertz CT molecular complexity index is 1150. The number of ether oxygens (including phenoxy) is 1. The zero-order valence-electron chi connectivity index (χ0n) is 16.0. The van der Waals surface area contributed by atoms with E-state index in [-0.39, 0.29) is 10.5 Å². The molecule has 0 aliphatic heterocycles. The maximum Gasteiger partial charge on any atom is 0.264 e. The van der Waals surface area contributed by atoms with E-state index in [0.717, 1.165) is 5.69 Å². The predicted molar refractivity (Wildman–Crippen MR) is 120 cm³/mol. The average molecular weight is 442 g/mol. The van der Waals surface area contributed by atoms with Crippen molar-refractivity contribution in [1.82, 2.24) is 4.72 Å². The fourth-order valence-electron chi connectivity index (χ4n) is 2.54. The van der Waals surface area contributed by atoms with Gasteiger partial charge in [0.05, 0.1) is 12.0 Å². The molecular formula is C21H19N3O4S2. The van der Waals surface area contributed by atoms with Crippen LogP contribution in [0.4, 0.5) is 11.4 Å². The first-order valence-electron chi connectivity index (χ1n) is 8.82. The standard InChI is InChI=1S/C21H19N3O4S2/c1-28-18-9-5-8-17(14-18)23-21(29)22-16-10-12-19(13-11-16)30(26,27)24-20(25)15-6-3-2-4-7-15/h2-14H,1H3,(H,24,25)(H2,22,23,29). The van der Waals surface area contributed by atoms with Crippen molar-refractivity contribution >= 4 is 44.6 Å². The molecule has 0 aliphatic carbocycles. The molecule has 7 nitrogen and oxygen atoms in total. The molecule has 0 atom stereocenters. The predicted octanol–water partition coefficient (Wildman–Crippen LogP) is 3.62. The van der Waals surface area contributed by atoms with Crippen LogP contribution in [0.15, 0.2) is 83.8 Å². The fraction of sp³-hybridized carbons (Fsp3) is 0.0476. The molecule has 3 aromatic carbocycles. The van der Waals surface area contributed by atoms with E-state index < -0.39 is 15.9 Å². The number of nitrogens with one attached hydrogen (secondary N) is 3. The highest BCUT2D eigenvalue weighted by atomic mass is 32.2. The Morgan fingerprint density at radius 3 is 2.20 bits per heavy atom. The summed E-state index contributed by atoms with van der Waals surface area (Å²) in [6.45, 7) is 0. The van der Waals surface area contributed by atoms with Crippen LogP contribution in [-0.4, -0.2) is 26.5 Å². The molecule has 0 bridgehead atoms. The molecule has 0 aromatic heterocycles. The number of thiocarbonyl (C=S) groups is 1. The van der Waals surface area contributed by atoms with Crippen LogP contribution in [0.5, 0.6) is 5.75 Å². The molecule has 0 radical (unpaired) electrons. The topological polar surface area (TPSA) is 96.5 Å². The largest absolute Gasteiger partial charge is 0.497 e. The summed E-state index contributed by atoms with van der Waals surface area (Å²) in [7, 11) is -2.42. The molecule has 9 heteroatoms. The molecule has 1 amide bonds. The molecule has 0 unspecified atom stereocenters. The highest BCUT2D eigenvalue weighted by Gasteiger charge is 2.18. The van der Waals surface area contributed by atoms with Gasteiger partial charge in [0.1, 0.15) is 5.75 Å². The van der Waals surface area contributed by atoms with Crippen LogP contribution in [0.1, 0.15) is 10.4 Å². The van der Waals surface area contributed by atoms with E-state index in [4.69, 9.17) is 17.0 Å². The Morgan fingerprint density at radius 2 is 1.53 bits per heavy atom. The Kier molecular flexibility index (Phi) is 6.65. The van der Waals surface area contributed by atoms with Gasteiger partial charge < -0.3 is 15.4 Å². The van der Waals surface area contributed by atoms with Crippen molar-refractivity contribution in [3.63, 3.8) is 0 Å². The van der Waals surface area contributed by atoms with Gasteiger partial charge in [-0.2, -0.15) is 0 Å². The normalized spacial score (nSPS) is 10.7. The Labute approximate surface area is 180 Å². The molecule has 30 heavy (non-hydrogen) atoms. The van der Waals surface area contributed by atoms with Gasteiger partial charge in [-0.3, -0.25) is 4.79 Å². The van der Waals surface area contributed by atoms with Gasteiger partial charge in [-0.15, -0.1) is 0 Å². The summed E-state index contributed by atoms with van der Waals surface area (Å²) in [6, 6.07) is 21.3.